The number of hydrogen-bond acceptors (Lipinski definition) is 2. The van der Waals surface area contributed by atoms with Crippen LogP contribution in [0.15, 0.2) is 30.3 Å². The Labute approximate surface area is 122 Å². The molecule has 5 heteroatoms. The molecule has 21 heavy (non-hydrogen) atoms. The van der Waals surface area contributed by atoms with Crippen LogP contribution in [0.5, 0.6) is 0 Å². The molecule has 3 nitrogen and oxygen atoms in total. The molecule has 0 aromatic heterocycles. The molecule has 110 valence electrons. The Balaban J connectivity index is 2.28. The molecule has 0 aliphatic heterocycles. The second kappa shape index (κ2) is 5.91. The summed E-state index contributed by atoms with van der Waals surface area (Å²) in [5.74, 6) is -2.16. The van der Waals surface area contributed by atoms with E-state index in [1.165, 1.54) is 7.05 Å². The second-order valence-corrected chi connectivity index (χ2v) is 4.84. The maximum atomic E-state index is 13.7. The van der Waals surface area contributed by atoms with Gasteiger partial charge in [0.2, 0.25) is 0 Å². The zero-order valence-electron chi connectivity index (χ0n) is 12.1. The van der Waals surface area contributed by atoms with Crippen molar-refractivity contribution in [3.8, 4) is 0 Å². The summed E-state index contributed by atoms with van der Waals surface area (Å²) in [6.07, 6.45) is 0. The second-order valence-electron chi connectivity index (χ2n) is 4.84. The smallest absolute Gasteiger partial charge is 0.255 e. The molecular formula is C16H16F2N2O. The average molecular weight is 290 g/mol. The number of aryl methyl sites for hydroxylation is 2. The van der Waals surface area contributed by atoms with Gasteiger partial charge in [0.05, 0.1) is 0 Å². The maximum Gasteiger partial charge on any atom is 0.255 e. The van der Waals surface area contributed by atoms with Crippen molar-refractivity contribution in [1.29, 1.82) is 0 Å². The van der Waals surface area contributed by atoms with Gasteiger partial charge in [0, 0.05) is 18.3 Å². The Hall–Kier alpha value is -2.43. The first-order valence-electron chi connectivity index (χ1n) is 6.47. The number of carbonyl (C=O) groups excluding carboxylic acids is 1. The molecule has 2 aromatic rings. The summed E-state index contributed by atoms with van der Waals surface area (Å²) in [4.78, 5) is 12.1. The fourth-order valence-electron chi connectivity index (χ4n) is 2.09. The van der Waals surface area contributed by atoms with Crippen molar-refractivity contribution < 1.29 is 13.6 Å². The molecule has 0 radical (unpaired) electrons. The van der Waals surface area contributed by atoms with Crippen molar-refractivity contribution >= 4 is 17.3 Å². The highest BCUT2D eigenvalue weighted by molar-refractivity contribution is 6.04. The van der Waals surface area contributed by atoms with Crippen LogP contribution < -0.4 is 10.6 Å². The van der Waals surface area contributed by atoms with E-state index in [2.05, 4.69) is 10.6 Å². The number of anilines is 2. The lowest BCUT2D eigenvalue weighted by Gasteiger charge is -2.11. The van der Waals surface area contributed by atoms with Crippen LogP contribution in [0.25, 0.3) is 0 Å². The number of benzene rings is 2. The van der Waals surface area contributed by atoms with Crippen molar-refractivity contribution in [3.05, 3.63) is 58.7 Å². The zero-order chi connectivity index (χ0) is 15.6. The fourth-order valence-corrected chi connectivity index (χ4v) is 2.09. The molecule has 0 bridgehead atoms. The van der Waals surface area contributed by atoms with E-state index < -0.39 is 17.5 Å². The summed E-state index contributed by atoms with van der Waals surface area (Å²) in [6.45, 7) is 3.80. The van der Waals surface area contributed by atoms with Crippen molar-refractivity contribution in [1.82, 2.24) is 0 Å². The molecule has 0 fully saturated rings. The molecule has 2 N–H and O–H groups in total. The van der Waals surface area contributed by atoms with Crippen LogP contribution in [-0.4, -0.2) is 13.0 Å². The van der Waals surface area contributed by atoms with E-state index in [1.807, 2.05) is 26.0 Å². The van der Waals surface area contributed by atoms with E-state index in [1.54, 1.807) is 6.07 Å². The van der Waals surface area contributed by atoms with Crippen LogP contribution >= 0.6 is 0 Å². The average Bonchev–Trinajstić information content (AvgIpc) is 2.41. The van der Waals surface area contributed by atoms with Gasteiger partial charge in [-0.2, -0.15) is 0 Å². The highest BCUT2D eigenvalue weighted by atomic mass is 19.1. The number of rotatable bonds is 3. The molecule has 0 heterocycles. The number of hydrogen-bond donors (Lipinski definition) is 2. The van der Waals surface area contributed by atoms with E-state index in [0.29, 0.717) is 5.69 Å². The summed E-state index contributed by atoms with van der Waals surface area (Å²) < 4.78 is 27.3. The maximum absolute atomic E-state index is 13.7. The van der Waals surface area contributed by atoms with Crippen molar-refractivity contribution in [2.45, 2.75) is 13.8 Å². The van der Waals surface area contributed by atoms with E-state index >= 15 is 0 Å². The summed E-state index contributed by atoms with van der Waals surface area (Å²) in [6, 6.07) is 7.55. The molecule has 0 spiro atoms. The van der Waals surface area contributed by atoms with Crippen molar-refractivity contribution in [3.63, 3.8) is 0 Å². The summed E-state index contributed by atoms with van der Waals surface area (Å²) in [5.41, 5.74) is 2.25. The largest absolute Gasteiger partial charge is 0.383 e. The highest BCUT2D eigenvalue weighted by Crippen LogP contribution is 2.22. The molecular weight excluding hydrogens is 274 g/mol. The third-order valence-electron chi connectivity index (χ3n) is 3.18. The molecule has 0 unspecified atom stereocenters. The molecule has 2 rings (SSSR count). The number of carbonyl (C=O) groups is 1. The molecule has 0 aliphatic carbocycles. The molecule has 0 saturated carbocycles. The monoisotopic (exact) mass is 290 g/mol. The van der Waals surface area contributed by atoms with Crippen LogP contribution in [0.3, 0.4) is 0 Å². The number of halogens is 2. The van der Waals surface area contributed by atoms with Crippen LogP contribution in [0.2, 0.25) is 0 Å². The third-order valence-corrected chi connectivity index (χ3v) is 3.18. The minimum absolute atomic E-state index is 0.0658. The Morgan fingerprint density at radius 2 is 1.67 bits per heavy atom. The normalized spacial score (nSPS) is 10.3. The standard InChI is InChI=1S/C16H16F2N2O/c1-9-4-5-14(10(2)6-9)20-16(21)11-7-12(17)15(19-3)13(18)8-11/h4-8,19H,1-3H3,(H,20,21). The minimum atomic E-state index is -0.803. The summed E-state index contributed by atoms with van der Waals surface area (Å²) in [5, 5.41) is 5.07. The van der Waals surface area contributed by atoms with Crippen molar-refractivity contribution in [2.24, 2.45) is 0 Å². The lowest BCUT2D eigenvalue weighted by molar-refractivity contribution is 0.102. The SMILES string of the molecule is CNc1c(F)cc(C(=O)Nc2ccc(C)cc2C)cc1F. The first kappa shape index (κ1) is 15.0. The van der Waals surface area contributed by atoms with E-state index in [4.69, 9.17) is 0 Å². The van der Waals surface area contributed by atoms with E-state index in [0.717, 1.165) is 23.3 Å². The van der Waals surface area contributed by atoms with Gasteiger partial charge in [-0.25, -0.2) is 8.78 Å². The van der Waals surface area contributed by atoms with Gasteiger partial charge in [0.15, 0.2) is 0 Å². The van der Waals surface area contributed by atoms with Gasteiger partial charge in [-0.15, -0.1) is 0 Å². The first-order chi connectivity index (χ1) is 9.92. The predicted molar refractivity (Wildman–Crippen MR) is 79.8 cm³/mol. The molecule has 0 saturated heterocycles. The molecule has 2 aromatic carbocycles. The van der Waals surface area contributed by atoms with Gasteiger partial charge < -0.3 is 10.6 Å². The topological polar surface area (TPSA) is 41.1 Å². The van der Waals surface area contributed by atoms with Gasteiger partial charge in [-0.3, -0.25) is 4.79 Å². The zero-order valence-corrected chi connectivity index (χ0v) is 12.1. The molecule has 0 atom stereocenters. The van der Waals surface area contributed by atoms with E-state index in [-0.39, 0.29) is 11.3 Å². The van der Waals surface area contributed by atoms with Gasteiger partial charge in [-0.1, -0.05) is 17.7 Å². The predicted octanol–water partition coefficient (Wildman–Crippen LogP) is 3.88. The lowest BCUT2D eigenvalue weighted by atomic mass is 10.1. The van der Waals surface area contributed by atoms with E-state index in [9.17, 15) is 13.6 Å². The van der Waals surface area contributed by atoms with Crippen LogP contribution in [0.1, 0.15) is 21.5 Å². The summed E-state index contributed by atoms with van der Waals surface area (Å²) in [7, 11) is 1.41. The van der Waals surface area contributed by atoms with Crippen molar-refractivity contribution in [2.75, 3.05) is 17.7 Å². The summed E-state index contributed by atoms with van der Waals surface area (Å²) >= 11 is 0. The van der Waals surface area contributed by atoms with Gasteiger partial charge in [0.1, 0.15) is 17.3 Å². The molecule has 0 aliphatic rings. The van der Waals surface area contributed by atoms with Gasteiger partial charge in [0.25, 0.3) is 5.91 Å². The number of nitrogens with one attached hydrogen (secondary N) is 2. The van der Waals surface area contributed by atoms with Gasteiger partial charge >= 0.3 is 0 Å². The number of amides is 1. The fraction of sp³-hybridized carbons (Fsp3) is 0.188. The molecule has 1 amide bonds. The Morgan fingerprint density at radius 1 is 1.05 bits per heavy atom. The Morgan fingerprint density at radius 3 is 2.19 bits per heavy atom. The minimum Gasteiger partial charge on any atom is -0.383 e. The van der Waals surface area contributed by atoms with Crippen LogP contribution in [0.4, 0.5) is 20.2 Å². The van der Waals surface area contributed by atoms with Crippen LogP contribution in [0, 0.1) is 25.5 Å². The first-order valence-corrected chi connectivity index (χ1v) is 6.47. The Bertz CT molecular complexity index is 676. The van der Waals surface area contributed by atoms with Crippen LogP contribution in [-0.2, 0) is 0 Å². The van der Waals surface area contributed by atoms with Gasteiger partial charge in [-0.05, 0) is 37.6 Å². The quantitative estimate of drug-likeness (QED) is 0.900. The highest BCUT2D eigenvalue weighted by Gasteiger charge is 2.15. The lowest BCUT2D eigenvalue weighted by Crippen LogP contribution is -2.14. The third kappa shape index (κ3) is 3.18. The Kier molecular flexibility index (Phi) is 4.21.